The van der Waals surface area contributed by atoms with Crippen LogP contribution in [-0.2, 0) is 15.6 Å². The molecule has 1 aliphatic heterocycles. The van der Waals surface area contributed by atoms with Crippen molar-refractivity contribution in [2.24, 2.45) is 0 Å². The number of carbonyl (C=O) groups excluding carboxylic acids is 2. The first-order chi connectivity index (χ1) is 13.9. The summed E-state index contributed by atoms with van der Waals surface area (Å²) in [5, 5.41) is 13.7. The lowest BCUT2D eigenvalue weighted by molar-refractivity contribution is -0.113. The van der Waals surface area contributed by atoms with Gasteiger partial charge in [0, 0.05) is 21.6 Å². The smallest absolute Gasteiger partial charge is 0.234 e. The van der Waals surface area contributed by atoms with Crippen LogP contribution in [0, 0.1) is 0 Å². The molecule has 0 unspecified atom stereocenters. The van der Waals surface area contributed by atoms with Gasteiger partial charge in [-0.25, -0.2) is 0 Å². The Hall–Kier alpha value is -2.53. The van der Waals surface area contributed by atoms with Crippen LogP contribution in [-0.4, -0.2) is 22.5 Å². The predicted octanol–water partition coefficient (Wildman–Crippen LogP) is 5.93. The van der Waals surface area contributed by atoms with Crippen LogP contribution < -0.4 is 5.32 Å². The maximum atomic E-state index is 12.8. The number of anilines is 1. The Morgan fingerprint density at radius 3 is 2.20 bits per heavy atom. The fourth-order valence-corrected chi connectivity index (χ4v) is 4.24. The van der Waals surface area contributed by atoms with Gasteiger partial charge in [0.1, 0.15) is 5.75 Å². The van der Waals surface area contributed by atoms with Crippen LogP contribution in [0.25, 0.3) is 6.08 Å². The molecule has 0 aromatic heterocycles. The fourth-order valence-electron chi connectivity index (χ4n) is 3.39. The van der Waals surface area contributed by atoms with E-state index in [2.05, 4.69) is 46.9 Å². The molecular formula is C25H29NO3S. The van der Waals surface area contributed by atoms with E-state index < -0.39 is 0 Å². The lowest BCUT2D eigenvalue weighted by Crippen LogP contribution is -2.18. The number of amides is 1. The van der Waals surface area contributed by atoms with Crippen molar-refractivity contribution in [3.05, 3.63) is 58.7 Å². The van der Waals surface area contributed by atoms with Crippen molar-refractivity contribution in [3.8, 4) is 5.75 Å². The quantitative estimate of drug-likeness (QED) is 0.474. The third kappa shape index (κ3) is 4.78. The number of thioether (sulfide) groups is 1. The molecule has 0 radical (unpaired) electrons. The molecule has 0 saturated carbocycles. The van der Waals surface area contributed by atoms with Gasteiger partial charge in [0.25, 0.3) is 0 Å². The minimum Gasteiger partial charge on any atom is -0.507 e. The molecule has 5 heteroatoms. The first-order valence-electron chi connectivity index (χ1n) is 10.0. The van der Waals surface area contributed by atoms with E-state index in [1.807, 2.05) is 18.2 Å². The number of carbonyl (C=O) groups is 2. The molecule has 1 heterocycles. The Morgan fingerprint density at radius 1 is 1.03 bits per heavy atom. The second kappa shape index (κ2) is 7.95. The van der Waals surface area contributed by atoms with E-state index in [-0.39, 0.29) is 22.5 Å². The highest BCUT2D eigenvalue weighted by atomic mass is 32.2. The lowest BCUT2D eigenvalue weighted by Gasteiger charge is -2.27. The van der Waals surface area contributed by atoms with Crippen molar-refractivity contribution in [3.63, 3.8) is 0 Å². The Kier molecular flexibility index (Phi) is 5.87. The molecule has 30 heavy (non-hydrogen) atoms. The normalized spacial score (nSPS) is 14.5. The van der Waals surface area contributed by atoms with Crippen molar-refractivity contribution in [2.75, 3.05) is 11.1 Å². The van der Waals surface area contributed by atoms with Crippen LogP contribution >= 0.6 is 11.8 Å². The van der Waals surface area contributed by atoms with Crippen molar-refractivity contribution in [1.82, 2.24) is 0 Å². The Bertz CT molecular complexity index is 1000. The number of aromatic hydroxyl groups is 1. The standard InChI is InChI=1S/C25H29NO3S/c1-24(2,3)17-11-15(12-18(23(17)29)25(4,5)6)7-10-20(27)16-8-9-19-21(13-16)30-14-22(28)26-19/h7-13,29H,14H2,1-6H3,(H,26,28)/b10-7+. The van der Waals surface area contributed by atoms with Crippen LogP contribution in [0.15, 0.2) is 41.3 Å². The third-order valence-electron chi connectivity index (χ3n) is 5.07. The van der Waals surface area contributed by atoms with Gasteiger partial charge in [0.15, 0.2) is 5.78 Å². The van der Waals surface area contributed by atoms with Crippen LogP contribution in [0.4, 0.5) is 5.69 Å². The van der Waals surface area contributed by atoms with Gasteiger partial charge in [0.2, 0.25) is 5.91 Å². The summed E-state index contributed by atoms with van der Waals surface area (Å²) in [5.41, 5.74) is 3.50. The summed E-state index contributed by atoms with van der Waals surface area (Å²) in [5.74, 6) is 0.562. The van der Waals surface area contributed by atoms with E-state index in [1.165, 1.54) is 11.8 Å². The molecule has 0 atom stereocenters. The molecule has 1 aliphatic rings. The third-order valence-corrected chi connectivity index (χ3v) is 6.13. The highest BCUT2D eigenvalue weighted by molar-refractivity contribution is 8.00. The van der Waals surface area contributed by atoms with Gasteiger partial charge >= 0.3 is 0 Å². The number of nitrogens with one attached hydrogen (secondary N) is 1. The molecule has 0 aliphatic carbocycles. The summed E-state index contributed by atoms with van der Waals surface area (Å²) in [7, 11) is 0. The minimum absolute atomic E-state index is 0.0249. The van der Waals surface area contributed by atoms with Gasteiger partial charge in [-0.15, -0.1) is 11.8 Å². The zero-order chi connectivity index (χ0) is 22.3. The van der Waals surface area contributed by atoms with Gasteiger partial charge in [-0.2, -0.15) is 0 Å². The van der Waals surface area contributed by atoms with E-state index in [0.717, 1.165) is 27.3 Å². The number of rotatable bonds is 3. The molecule has 3 rings (SSSR count). The monoisotopic (exact) mass is 423 g/mol. The molecular weight excluding hydrogens is 394 g/mol. The number of hydrogen-bond donors (Lipinski definition) is 2. The molecule has 0 bridgehead atoms. The molecule has 1 amide bonds. The van der Waals surface area contributed by atoms with Gasteiger partial charge in [0.05, 0.1) is 11.4 Å². The van der Waals surface area contributed by atoms with Crippen molar-refractivity contribution < 1.29 is 14.7 Å². The van der Waals surface area contributed by atoms with E-state index in [1.54, 1.807) is 24.3 Å². The van der Waals surface area contributed by atoms with Crippen LogP contribution in [0.3, 0.4) is 0 Å². The van der Waals surface area contributed by atoms with Crippen LogP contribution in [0.1, 0.15) is 68.6 Å². The van der Waals surface area contributed by atoms with Crippen molar-refractivity contribution in [2.45, 2.75) is 57.3 Å². The summed E-state index contributed by atoms with van der Waals surface area (Å²) in [6, 6.07) is 9.23. The van der Waals surface area contributed by atoms with Crippen molar-refractivity contribution in [1.29, 1.82) is 0 Å². The summed E-state index contributed by atoms with van der Waals surface area (Å²) in [4.78, 5) is 25.2. The van der Waals surface area contributed by atoms with Crippen LogP contribution in [0.5, 0.6) is 5.75 Å². The average molecular weight is 424 g/mol. The molecule has 2 aromatic carbocycles. The van der Waals surface area contributed by atoms with Gasteiger partial charge in [-0.05, 0) is 52.8 Å². The number of benzene rings is 2. The molecule has 158 valence electrons. The number of allylic oxidation sites excluding steroid dienone is 1. The Labute approximate surface area is 182 Å². The highest BCUT2D eigenvalue weighted by Gasteiger charge is 2.26. The van der Waals surface area contributed by atoms with Crippen molar-refractivity contribution >= 4 is 35.2 Å². The topological polar surface area (TPSA) is 66.4 Å². The second-order valence-corrected chi connectivity index (χ2v) is 10.7. The number of hydrogen-bond acceptors (Lipinski definition) is 4. The SMILES string of the molecule is CC(C)(C)c1cc(/C=C/C(=O)c2ccc3c(c2)SCC(=O)N3)cc(C(C)(C)C)c1O. The summed E-state index contributed by atoms with van der Waals surface area (Å²) >= 11 is 1.44. The number of fused-ring (bicyclic) bond motifs is 1. The largest absolute Gasteiger partial charge is 0.507 e. The fraction of sp³-hybridized carbons (Fsp3) is 0.360. The number of phenols is 1. The minimum atomic E-state index is -0.224. The summed E-state index contributed by atoms with van der Waals surface area (Å²) in [6.45, 7) is 12.4. The highest BCUT2D eigenvalue weighted by Crippen LogP contribution is 2.40. The molecule has 4 nitrogen and oxygen atoms in total. The van der Waals surface area contributed by atoms with E-state index in [0.29, 0.717) is 17.1 Å². The van der Waals surface area contributed by atoms with E-state index in [4.69, 9.17) is 0 Å². The maximum Gasteiger partial charge on any atom is 0.234 e. The number of phenolic OH excluding ortho intramolecular Hbond substituents is 1. The zero-order valence-electron chi connectivity index (χ0n) is 18.4. The molecule has 0 spiro atoms. The Morgan fingerprint density at radius 2 is 1.63 bits per heavy atom. The maximum absolute atomic E-state index is 12.8. The first kappa shape index (κ1) is 22.2. The van der Waals surface area contributed by atoms with Crippen LogP contribution in [0.2, 0.25) is 0 Å². The molecule has 0 fully saturated rings. The average Bonchev–Trinajstić information content (AvgIpc) is 2.64. The first-order valence-corrected chi connectivity index (χ1v) is 11.0. The van der Waals surface area contributed by atoms with Gasteiger partial charge < -0.3 is 10.4 Å². The van der Waals surface area contributed by atoms with Gasteiger partial charge in [-0.1, -0.05) is 47.6 Å². The molecule has 2 aromatic rings. The Balaban J connectivity index is 1.94. The molecule has 0 saturated heterocycles. The van der Waals surface area contributed by atoms with E-state index >= 15 is 0 Å². The predicted molar refractivity (Wildman–Crippen MR) is 125 cm³/mol. The second-order valence-electron chi connectivity index (χ2n) is 9.71. The lowest BCUT2D eigenvalue weighted by atomic mass is 9.78. The summed E-state index contributed by atoms with van der Waals surface area (Å²) < 4.78 is 0. The molecule has 2 N–H and O–H groups in total. The van der Waals surface area contributed by atoms with E-state index in [9.17, 15) is 14.7 Å². The summed E-state index contributed by atoms with van der Waals surface area (Å²) in [6.07, 6.45) is 3.37. The zero-order valence-corrected chi connectivity index (χ0v) is 19.2. The number of ketones is 1. The van der Waals surface area contributed by atoms with Gasteiger partial charge in [-0.3, -0.25) is 9.59 Å².